The van der Waals surface area contributed by atoms with Crippen LogP contribution in [0.2, 0.25) is 0 Å². The Kier molecular flexibility index (Phi) is 4.26. The van der Waals surface area contributed by atoms with Gasteiger partial charge in [-0.3, -0.25) is 9.78 Å². The van der Waals surface area contributed by atoms with Crippen molar-refractivity contribution < 1.29 is 4.79 Å². The molecule has 3 rings (SSSR count). The highest BCUT2D eigenvalue weighted by Gasteiger charge is 2.23. The summed E-state index contributed by atoms with van der Waals surface area (Å²) in [5, 5.41) is 6.30. The topological polar surface area (TPSA) is 54.0 Å². The van der Waals surface area contributed by atoms with Crippen LogP contribution in [0.25, 0.3) is 0 Å². The minimum atomic E-state index is -0.131. The van der Waals surface area contributed by atoms with Crippen molar-refractivity contribution in [2.45, 2.75) is 25.4 Å². The average molecular weight is 281 g/mol. The molecule has 2 N–H and O–H groups in total. The normalized spacial score (nSPS) is 17.0. The third kappa shape index (κ3) is 3.47. The molecule has 0 unspecified atom stereocenters. The zero-order valence-electron chi connectivity index (χ0n) is 11.9. The van der Waals surface area contributed by atoms with Crippen LogP contribution in [-0.4, -0.2) is 23.5 Å². The highest BCUT2D eigenvalue weighted by Crippen LogP contribution is 2.16. The van der Waals surface area contributed by atoms with E-state index in [2.05, 4.69) is 27.8 Å². The van der Waals surface area contributed by atoms with Gasteiger partial charge < -0.3 is 10.6 Å². The number of nitrogens with zero attached hydrogens (tertiary/aromatic N) is 1. The first kappa shape index (κ1) is 13.8. The maximum absolute atomic E-state index is 12.2. The summed E-state index contributed by atoms with van der Waals surface area (Å²) in [7, 11) is 0. The molecular weight excluding hydrogens is 262 g/mol. The SMILES string of the molecule is O=C(NCCc1cccnc1)[C@H]1Cc2ccccc2CN1. The largest absolute Gasteiger partial charge is 0.354 e. The number of benzene rings is 1. The second-order valence-electron chi connectivity index (χ2n) is 5.31. The second kappa shape index (κ2) is 6.50. The Morgan fingerprint density at radius 1 is 1.24 bits per heavy atom. The Morgan fingerprint density at radius 2 is 2.10 bits per heavy atom. The van der Waals surface area contributed by atoms with E-state index < -0.39 is 0 Å². The summed E-state index contributed by atoms with van der Waals surface area (Å²) in [6, 6.07) is 12.1. The summed E-state index contributed by atoms with van der Waals surface area (Å²) in [6.07, 6.45) is 5.16. The molecule has 0 bridgehead atoms. The molecule has 108 valence electrons. The lowest BCUT2D eigenvalue weighted by molar-refractivity contribution is -0.123. The number of aromatic nitrogens is 1. The number of fused-ring (bicyclic) bond motifs is 1. The van der Waals surface area contributed by atoms with Gasteiger partial charge in [-0.2, -0.15) is 0 Å². The Balaban J connectivity index is 1.50. The number of hydrogen-bond donors (Lipinski definition) is 2. The van der Waals surface area contributed by atoms with Crippen molar-refractivity contribution >= 4 is 5.91 Å². The highest BCUT2D eigenvalue weighted by atomic mass is 16.2. The first-order valence-electron chi connectivity index (χ1n) is 7.30. The molecule has 2 aromatic rings. The van der Waals surface area contributed by atoms with Crippen LogP contribution in [0.3, 0.4) is 0 Å². The lowest BCUT2D eigenvalue weighted by Gasteiger charge is -2.25. The molecule has 1 aliphatic heterocycles. The highest BCUT2D eigenvalue weighted by molar-refractivity contribution is 5.82. The maximum atomic E-state index is 12.2. The monoisotopic (exact) mass is 281 g/mol. The average Bonchev–Trinajstić information content (AvgIpc) is 2.55. The van der Waals surface area contributed by atoms with Gasteiger partial charge in [-0.05, 0) is 35.6 Å². The van der Waals surface area contributed by atoms with E-state index in [1.165, 1.54) is 11.1 Å². The van der Waals surface area contributed by atoms with E-state index in [1.807, 2.05) is 30.5 Å². The molecule has 2 heterocycles. The van der Waals surface area contributed by atoms with Crippen LogP contribution in [0.15, 0.2) is 48.8 Å². The Bertz CT molecular complexity index is 612. The summed E-state index contributed by atoms with van der Waals surface area (Å²) in [5.74, 6) is 0.0772. The van der Waals surface area contributed by atoms with Gasteiger partial charge in [0.15, 0.2) is 0 Å². The maximum Gasteiger partial charge on any atom is 0.237 e. The van der Waals surface area contributed by atoms with Gasteiger partial charge in [0.05, 0.1) is 6.04 Å². The molecule has 1 amide bonds. The molecule has 1 atom stereocenters. The van der Waals surface area contributed by atoms with E-state index in [-0.39, 0.29) is 11.9 Å². The summed E-state index contributed by atoms with van der Waals surface area (Å²) >= 11 is 0. The Hall–Kier alpha value is -2.20. The summed E-state index contributed by atoms with van der Waals surface area (Å²) in [5.41, 5.74) is 3.69. The molecule has 0 radical (unpaired) electrons. The number of pyridine rings is 1. The Morgan fingerprint density at radius 3 is 2.90 bits per heavy atom. The van der Waals surface area contributed by atoms with Crippen LogP contribution in [0.4, 0.5) is 0 Å². The minimum absolute atomic E-state index is 0.0772. The summed E-state index contributed by atoms with van der Waals surface area (Å²) < 4.78 is 0. The van der Waals surface area contributed by atoms with Gasteiger partial charge in [0.2, 0.25) is 5.91 Å². The van der Waals surface area contributed by atoms with E-state index >= 15 is 0 Å². The van der Waals surface area contributed by atoms with Crippen LogP contribution >= 0.6 is 0 Å². The number of rotatable bonds is 4. The molecule has 0 saturated heterocycles. The van der Waals surface area contributed by atoms with Crippen molar-refractivity contribution in [3.8, 4) is 0 Å². The molecule has 0 fully saturated rings. The number of hydrogen-bond acceptors (Lipinski definition) is 3. The van der Waals surface area contributed by atoms with Crippen molar-refractivity contribution in [3.05, 3.63) is 65.5 Å². The van der Waals surface area contributed by atoms with E-state index in [4.69, 9.17) is 0 Å². The molecule has 21 heavy (non-hydrogen) atoms. The molecule has 1 aromatic heterocycles. The van der Waals surface area contributed by atoms with Crippen LogP contribution in [0.1, 0.15) is 16.7 Å². The molecule has 0 aliphatic carbocycles. The third-order valence-corrected chi connectivity index (χ3v) is 3.83. The zero-order chi connectivity index (χ0) is 14.5. The summed E-state index contributed by atoms with van der Waals surface area (Å²) in [6.45, 7) is 1.40. The zero-order valence-corrected chi connectivity index (χ0v) is 11.9. The Labute approximate surface area is 124 Å². The number of carbonyl (C=O) groups excluding carboxylic acids is 1. The van der Waals surface area contributed by atoms with Gasteiger partial charge in [0.1, 0.15) is 0 Å². The van der Waals surface area contributed by atoms with Crippen molar-refractivity contribution in [1.29, 1.82) is 0 Å². The fourth-order valence-electron chi connectivity index (χ4n) is 2.64. The van der Waals surface area contributed by atoms with E-state index in [9.17, 15) is 4.79 Å². The standard InChI is InChI=1S/C17H19N3O/c21-17(19-9-7-13-4-3-8-18-11-13)16-10-14-5-1-2-6-15(14)12-20-16/h1-6,8,11,16,20H,7,9-10,12H2,(H,19,21)/t16-/m1/s1. The number of amides is 1. The number of carbonyl (C=O) groups is 1. The van der Waals surface area contributed by atoms with E-state index in [0.717, 1.165) is 24.9 Å². The van der Waals surface area contributed by atoms with Crippen LogP contribution in [-0.2, 0) is 24.2 Å². The molecule has 1 aliphatic rings. The van der Waals surface area contributed by atoms with Crippen molar-refractivity contribution in [1.82, 2.24) is 15.6 Å². The van der Waals surface area contributed by atoms with Crippen molar-refractivity contribution in [2.24, 2.45) is 0 Å². The summed E-state index contributed by atoms with van der Waals surface area (Å²) in [4.78, 5) is 16.3. The van der Waals surface area contributed by atoms with Gasteiger partial charge in [0, 0.05) is 25.5 Å². The second-order valence-corrected chi connectivity index (χ2v) is 5.31. The molecule has 1 aromatic carbocycles. The lowest BCUT2D eigenvalue weighted by atomic mass is 9.95. The predicted octanol–water partition coefficient (Wildman–Crippen LogP) is 1.45. The van der Waals surface area contributed by atoms with E-state index in [0.29, 0.717) is 6.54 Å². The van der Waals surface area contributed by atoms with Crippen molar-refractivity contribution in [2.75, 3.05) is 6.54 Å². The van der Waals surface area contributed by atoms with Gasteiger partial charge in [0.25, 0.3) is 0 Å². The minimum Gasteiger partial charge on any atom is -0.354 e. The van der Waals surface area contributed by atoms with Gasteiger partial charge in [-0.25, -0.2) is 0 Å². The molecule has 0 saturated carbocycles. The first-order valence-corrected chi connectivity index (χ1v) is 7.30. The first-order chi connectivity index (χ1) is 10.3. The fraction of sp³-hybridized carbons (Fsp3) is 0.294. The van der Waals surface area contributed by atoms with Gasteiger partial charge in [-0.15, -0.1) is 0 Å². The van der Waals surface area contributed by atoms with E-state index in [1.54, 1.807) is 6.20 Å². The van der Waals surface area contributed by atoms with Crippen LogP contribution in [0, 0.1) is 0 Å². The molecule has 4 heteroatoms. The predicted molar refractivity (Wildman–Crippen MR) is 81.7 cm³/mol. The van der Waals surface area contributed by atoms with Gasteiger partial charge >= 0.3 is 0 Å². The van der Waals surface area contributed by atoms with Crippen LogP contribution < -0.4 is 10.6 Å². The van der Waals surface area contributed by atoms with Crippen LogP contribution in [0.5, 0.6) is 0 Å². The van der Waals surface area contributed by atoms with Gasteiger partial charge in [-0.1, -0.05) is 30.3 Å². The fourth-order valence-corrected chi connectivity index (χ4v) is 2.64. The van der Waals surface area contributed by atoms with Crippen molar-refractivity contribution in [3.63, 3.8) is 0 Å². The lowest BCUT2D eigenvalue weighted by Crippen LogP contribution is -2.48. The molecule has 0 spiro atoms. The molecule has 4 nitrogen and oxygen atoms in total. The molecular formula is C17H19N3O. The third-order valence-electron chi connectivity index (χ3n) is 3.83. The quantitative estimate of drug-likeness (QED) is 0.892. The number of nitrogens with one attached hydrogen (secondary N) is 2. The smallest absolute Gasteiger partial charge is 0.237 e.